The van der Waals surface area contributed by atoms with Crippen molar-refractivity contribution >= 4 is 15.7 Å². The number of rotatable bonds is 5. The Labute approximate surface area is 118 Å². The van der Waals surface area contributed by atoms with Crippen molar-refractivity contribution in [2.24, 2.45) is 5.92 Å². The van der Waals surface area contributed by atoms with E-state index < -0.39 is 14.9 Å². The molecule has 0 bridgehead atoms. The van der Waals surface area contributed by atoms with Crippen LogP contribution in [0.5, 0.6) is 0 Å². The molecule has 1 aliphatic rings. The Hall–Kier alpha value is -1.47. The summed E-state index contributed by atoms with van der Waals surface area (Å²) >= 11 is 0. The van der Waals surface area contributed by atoms with Crippen molar-refractivity contribution in [1.82, 2.24) is 4.31 Å². The van der Waals surface area contributed by atoms with Crippen molar-refractivity contribution in [2.45, 2.75) is 37.6 Å². The zero-order chi connectivity index (χ0) is 15.1. The SMILES string of the molecule is Cc1cc(S(=O)(=O)N(C)[C@@H](C)C2CC2)ccc1[N+](=O)[O-]. The molecule has 0 unspecified atom stereocenters. The molecule has 0 saturated heterocycles. The molecule has 0 spiro atoms. The standard InChI is InChI=1S/C13H18N2O4S/c1-9-8-12(6-7-13(9)15(16)17)20(18,19)14(3)10(2)11-4-5-11/h6-8,10-11H,4-5H2,1-3H3/t10-/m0/s1. The molecule has 0 radical (unpaired) electrons. The van der Waals surface area contributed by atoms with Gasteiger partial charge in [0.25, 0.3) is 5.69 Å². The van der Waals surface area contributed by atoms with Crippen LogP contribution in [0.2, 0.25) is 0 Å². The highest BCUT2D eigenvalue weighted by molar-refractivity contribution is 7.89. The summed E-state index contributed by atoms with van der Waals surface area (Å²) in [6.45, 7) is 3.44. The van der Waals surface area contributed by atoms with Gasteiger partial charge in [0.1, 0.15) is 0 Å². The van der Waals surface area contributed by atoms with Gasteiger partial charge in [-0.3, -0.25) is 10.1 Å². The third-order valence-corrected chi connectivity index (χ3v) is 5.86. The zero-order valence-electron chi connectivity index (χ0n) is 11.7. The largest absolute Gasteiger partial charge is 0.272 e. The molecule has 1 fully saturated rings. The predicted molar refractivity (Wildman–Crippen MR) is 75.0 cm³/mol. The van der Waals surface area contributed by atoms with Gasteiger partial charge in [-0.05, 0) is 44.7 Å². The molecular formula is C13H18N2O4S. The Kier molecular flexibility index (Phi) is 3.84. The Bertz CT molecular complexity index is 638. The van der Waals surface area contributed by atoms with E-state index in [0.29, 0.717) is 11.5 Å². The Morgan fingerprint density at radius 2 is 2.00 bits per heavy atom. The average molecular weight is 298 g/mol. The van der Waals surface area contributed by atoms with Gasteiger partial charge in [0.2, 0.25) is 10.0 Å². The molecule has 0 heterocycles. The topological polar surface area (TPSA) is 80.5 Å². The summed E-state index contributed by atoms with van der Waals surface area (Å²) in [6.07, 6.45) is 2.11. The molecule has 0 aliphatic heterocycles. The second-order valence-corrected chi connectivity index (χ2v) is 7.30. The van der Waals surface area contributed by atoms with Gasteiger partial charge < -0.3 is 0 Å². The van der Waals surface area contributed by atoms with E-state index in [1.807, 2.05) is 6.92 Å². The first-order chi connectivity index (χ1) is 9.25. The van der Waals surface area contributed by atoms with E-state index in [1.54, 1.807) is 14.0 Å². The number of hydrogen-bond donors (Lipinski definition) is 0. The maximum Gasteiger partial charge on any atom is 0.272 e. The minimum atomic E-state index is -3.60. The molecule has 6 nitrogen and oxygen atoms in total. The zero-order valence-corrected chi connectivity index (χ0v) is 12.6. The van der Waals surface area contributed by atoms with Gasteiger partial charge >= 0.3 is 0 Å². The van der Waals surface area contributed by atoms with Gasteiger partial charge in [-0.2, -0.15) is 4.31 Å². The van der Waals surface area contributed by atoms with Crippen LogP contribution in [-0.2, 0) is 10.0 Å². The van der Waals surface area contributed by atoms with Crippen LogP contribution in [0.15, 0.2) is 23.1 Å². The maximum atomic E-state index is 12.5. The van der Waals surface area contributed by atoms with E-state index in [2.05, 4.69) is 0 Å². The van der Waals surface area contributed by atoms with Crippen molar-refractivity contribution < 1.29 is 13.3 Å². The van der Waals surface area contributed by atoms with Crippen LogP contribution in [0.1, 0.15) is 25.3 Å². The molecule has 7 heteroatoms. The van der Waals surface area contributed by atoms with Gasteiger partial charge in [0, 0.05) is 24.7 Å². The Morgan fingerprint density at radius 3 is 2.45 bits per heavy atom. The summed E-state index contributed by atoms with van der Waals surface area (Å²) in [5.74, 6) is 0.425. The van der Waals surface area contributed by atoms with E-state index in [0.717, 1.165) is 12.8 Å². The molecule has 1 aromatic rings. The molecule has 0 aromatic heterocycles. The van der Waals surface area contributed by atoms with E-state index in [9.17, 15) is 18.5 Å². The lowest BCUT2D eigenvalue weighted by Gasteiger charge is -2.24. The van der Waals surface area contributed by atoms with Crippen LogP contribution in [0.4, 0.5) is 5.69 Å². The van der Waals surface area contributed by atoms with Crippen LogP contribution in [0.25, 0.3) is 0 Å². The minimum Gasteiger partial charge on any atom is -0.258 e. The van der Waals surface area contributed by atoms with E-state index in [4.69, 9.17) is 0 Å². The van der Waals surface area contributed by atoms with Crippen molar-refractivity contribution in [3.05, 3.63) is 33.9 Å². The number of nitro groups is 1. The molecule has 1 atom stereocenters. The summed E-state index contributed by atoms with van der Waals surface area (Å²) in [5.41, 5.74) is 0.283. The Morgan fingerprint density at radius 1 is 1.40 bits per heavy atom. The fourth-order valence-corrected chi connectivity index (χ4v) is 3.76. The second-order valence-electron chi connectivity index (χ2n) is 5.30. The monoisotopic (exact) mass is 298 g/mol. The first-order valence-electron chi connectivity index (χ1n) is 6.48. The van der Waals surface area contributed by atoms with Gasteiger partial charge in [-0.15, -0.1) is 0 Å². The number of benzene rings is 1. The summed E-state index contributed by atoms with van der Waals surface area (Å²) in [4.78, 5) is 10.4. The third kappa shape index (κ3) is 2.69. The van der Waals surface area contributed by atoms with Gasteiger partial charge in [0.15, 0.2) is 0 Å². The highest BCUT2D eigenvalue weighted by Gasteiger charge is 2.36. The molecule has 1 aliphatic carbocycles. The highest BCUT2D eigenvalue weighted by atomic mass is 32.2. The number of nitrogens with zero attached hydrogens (tertiary/aromatic N) is 2. The van der Waals surface area contributed by atoms with Crippen molar-refractivity contribution in [3.63, 3.8) is 0 Å². The third-order valence-electron chi connectivity index (χ3n) is 3.92. The molecule has 1 aromatic carbocycles. The second kappa shape index (κ2) is 5.14. The smallest absolute Gasteiger partial charge is 0.258 e. The Balaban J connectivity index is 2.34. The number of sulfonamides is 1. The van der Waals surface area contributed by atoms with Crippen molar-refractivity contribution in [3.8, 4) is 0 Å². The lowest BCUT2D eigenvalue weighted by atomic mass is 10.2. The van der Waals surface area contributed by atoms with Gasteiger partial charge in [0.05, 0.1) is 9.82 Å². The van der Waals surface area contributed by atoms with Crippen molar-refractivity contribution in [1.29, 1.82) is 0 Å². The normalized spacial score (nSPS) is 17.2. The fraction of sp³-hybridized carbons (Fsp3) is 0.538. The van der Waals surface area contributed by atoms with E-state index in [1.165, 1.54) is 22.5 Å². The number of aryl methyl sites for hydroxylation is 1. The van der Waals surface area contributed by atoms with Crippen LogP contribution in [0, 0.1) is 23.0 Å². The molecule has 2 rings (SSSR count). The van der Waals surface area contributed by atoms with Gasteiger partial charge in [-0.25, -0.2) is 8.42 Å². The number of nitro benzene ring substituents is 1. The average Bonchev–Trinajstić information content (AvgIpc) is 3.20. The quantitative estimate of drug-likeness (QED) is 0.617. The first kappa shape index (κ1) is 14.9. The molecule has 110 valence electrons. The summed E-state index contributed by atoms with van der Waals surface area (Å²) in [7, 11) is -2.03. The van der Waals surface area contributed by atoms with Crippen LogP contribution >= 0.6 is 0 Å². The maximum absolute atomic E-state index is 12.5. The van der Waals surface area contributed by atoms with Crippen molar-refractivity contribution in [2.75, 3.05) is 7.05 Å². The summed E-state index contributed by atoms with van der Waals surface area (Å²) in [5, 5.41) is 10.8. The molecule has 20 heavy (non-hydrogen) atoms. The molecule has 1 saturated carbocycles. The highest BCUT2D eigenvalue weighted by Crippen LogP contribution is 2.36. The lowest BCUT2D eigenvalue weighted by Crippen LogP contribution is -2.36. The number of hydrogen-bond acceptors (Lipinski definition) is 4. The summed E-state index contributed by atoms with van der Waals surface area (Å²) in [6, 6.07) is 3.87. The van der Waals surface area contributed by atoms with Crippen LogP contribution in [-0.4, -0.2) is 30.7 Å². The first-order valence-corrected chi connectivity index (χ1v) is 7.92. The fourth-order valence-electron chi connectivity index (χ4n) is 2.25. The molecular weight excluding hydrogens is 280 g/mol. The van der Waals surface area contributed by atoms with Crippen LogP contribution in [0.3, 0.4) is 0 Å². The minimum absolute atomic E-state index is 0.0458. The summed E-state index contributed by atoms with van der Waals surface area (Å²) < 4.78 is 26.4. The van der Waals surface area contributed by atoms with Gasteiger partial charge in [-0.1, -0.05) is 0 Å². The lowest BCUT2D eigenvalue weighted by molar-refractivity contribution is -0.385. The predicted octanol–water partition coefficient (Wildman–Crippen LogP) is 2.32. The van der Waals surface area contributed by atoms with E-state index >= 15 is 0 Å². The van der Waals surface area contributed by atoms with Crippen LogP contribution < -0.4 is 0 Å². The van der Waals surface area contributed by atoms with E-state index in [-0.39, 0.29) is 16.6 Å². The molecule has 0 N–H and O–H groups in total. The molecule has 0 amide bonds.